The van der Waals surface area contributed by atoms with Crippen LogP contribution in [0.1, 0.15) is 22.5 Å². The van der Waals surface area contributed by atoms with E-state index in [-0.39, 0.29) is 22.8 Å². The number of hydrogen-bond donors (Lipinski definition) is 0. The molecule has 4 rings (SSSR count). The zero-order valence-corrected chi connectivity index (χ0v) is 20.9. The Morgan fingerprint density at radius 1 is 1.32 bits per heavy atom. The average Bonchev–Trinajstić information content (AvgIpc) is 3.13. The standard InChI is InChI=1S/C19H21ClFIN7OP/c1-26(2)9-13-7-14(21)4-3-12(13)10-28-16-5-6-27(11-15(16)24-25-28)17-8-23-29(31-22)19(30)18(17)20/h3-4,7-8,31H,5-6,9-11H2,1-2H3. The van der Waals surface area contributed by atoms with Gasteiger partial charge in [-0.15, -0.1) is 5.10 Å². The van der Waals surface area contributed by atoms with Crippen LogP contribution >= 0.6 is 40.0 Å². The number of rotatable bonds is 6. The summed E-state index contributed by atoms with van der Waals surface area (Å²) in [6.07, 6.45) is 2.54. The second-order valence-electron chi connectivity index (χ2n) is 7.61. The fourth-order valence-corrected chi connectivity index (χ4v) is 5.34. The maximum absolute atomic E-state index is 13.8. The van der Waals surface area contributed by atoms with Gasteiger partial charge in [0, 0.05) is 19.5 Å². The summed E-state index contributed by atoms with van der Waals surface area (Å²) < 4.78 is 17.0. The lowest BCUT2D eigenvalue weighted by molar-refractivity contribution is 0.398. The van der Waals surface area contributed by atoms with Crippen molar-refractivity contribution in [3.63, 3.8) is 0 Å². The van der Waals surface area contributed by atoms with E-state index in [1.54, 1.807) is 12.3 Å². The first kappa shape index (κ1) is 22.6. The summed E-state index contributed by atoms with van der Waals surface area (Å²) in [4.78, 5) is 16.3. The number of aromatic nitrogens is 5. The average molecular weight is 576 g/mol. The van der Waals surface area contributed by atoms with E-state index < -0.39 is 0 Å². The summed E-state index contributed by atoms with van der Waals surface area (Å²) in [6.45, 7) is 2.35. The van der Waals surface area contributed by atoms with Crippen LogP contribution in [0.2, 0.25) is 5.02 Å². The molecule has 0 fully saturated rings. The van der Waals surface area contributed by atoms with Crippen molar-refractivity contribution in [3.05, 3.63) is 68.1 Å². The normalized spacial score (nSPS) is 14.1. The Hall–Kier alpha value is -1.62. The number of halogens is 3. The minimum absolute atomic E-state index is 0.176. The Bertz CT molecular complexity index is 1170. The van der Waals surface area contributed by atoms with Crippen molar-refractivity contribution in [1.29, 1.82) is 0 Å². The SMILES string of the molecule is CN(C)Cc1cc(F)ccc1Cn1nnc2c1CCN(c1cnn(PI)c(=O)c1Cl)C2. The van der Waals surface area contributed by atoms with Gasteiger partial charge in [-0.2, -0.15) is 5.10 Å². The molecule has 2 aromatic heterocycles. The molecule has 1 unspecified atom stereocenters. The molecule has 0 saturated carbocycles. The predicted octanol–water partition coefficient (Wildman–Crippen LogP) is 3.09. The summed E-state index contributed by atoms with van der Waals surface area (Å²) in [5, 5.41) is 13.1. The Labute approximate surface area is 198 Å². The molecule has 3 aromatic rings. The zero-order chi connectivity index (χ0) is 22.1. The molecule has 0 N–H and O–H groups in total. The molecule has 0 bridgehead atoms. The highest BCUT2D eigenvalue weighted by Gasteiger charge is 2.25. The quantitative estimate of drug-likeness (QED) is 0.332. The highest BCUT2D eigenvalue weighted by Crippen LogP contribution is 2.29. The van der Waals surface area contributed by atoms with Crippen LogP contribution in [0.4, 0.5) is 10.1 Å². The van der Waals surface area contributed by atoms with Gasteiger partial charge in [-0.1, -0.05) is 22.9 Å². The number of nitrogens with zero attached hydrogens (tertiary/aromatic N) is 7. The molecule has 3 heterocycles. The van der Waals surface area contributed by atoms with Crippen LogP contribution in [0.5, 0.6) is 0 Å². The topological polar surface area (TPSA) is 72.1 Å². The molecule has 1 aromatic carbocycles. The Balaban J connectivity index is 1.57. The third-order valence-corrected chi connectivity index (χ3v) is 7.38. The van der Waals surface area contributed by atoms with E-state index in [2.05, 4.69) is 37.5 Å². The van der Waals surface area contributed by atoms with Crippen molar-refractivity contribution in [2.75, 3.05) is 25.5 Å². The van der Waals surface area contributed by atoms with Crippen LogP contribution in [0, 0.1) is 5.82 Å². The van der Waals surface area contributed by atoms with E-state index in [4.69, 9.17) is 11.6 Å². The molecule has 1 atom stereocenters. The van der Waals surface area contributed by atoms with Gasteiger partial charge in [0.15, 0.2) is 0 Å². The van der Waals surface area contributed by atoms with Crippen molar-refractivity contribution >= 4 is 45.7 Å². The fourth-order valence-electron chi connectivity index (χ4n) is 3.70. The highest BCUT2D eigenvalue weighted by atomic mass is 127. The monoisotopic (exact) mass is 575 g/mol. The molecule has 0 radical (unpaired) electrons. The largest absolute Gasteiger partial charge is 0.362 e. The number of fused-ring (bicyclic) bond motifs is 1. The Morgan fingerprint density at radius 3 is 2.87 bits per heavy atom. The summed E-state index contributed by atoms with van der Waals surface area (Å²) in [5.41, 5.74) is 4.17. The minimum atomic E-state index is -0.286. The van der Waals surface area contributed by atoms with E-state index in [9.17, 15) is 9.18 Å². The van der Waals surface area contributed by atoms with Crippen LogP contribution in [0.25, 0.3) is 0 Å². The van der Waals surface area contributed by atoms with Gasteiger partial charge in [0.1, 0.15) is 16.5 Å². The van der Waals surface area contributed by atoms with Gasteiger partial charge in [0.05, 0.1) is 37.0 Å². The van der Waals surface area contributed by atoms with E-state index in [0.717, 1.165) is 22.5 Å². The van der Waals surface area contributed by atoms with Gasteiger partial charge < -0.3 is 9.80 Å². The molecule has 0 spiro atoms. The van der Waals surface area contributed by atoms with E-state index in [1.165, 1.54) is 10.5 Å². The number of hydrogen-bond acceptors (Lipinski definition) is 6. The summed E-state index contributed by atoms with van der Waals surface area (Å²) in [5.74, 6) is -0.243. The molecule has 0 saturated heterocycles. The van der Waals surface area contributed by atoms with Crippen LogP contribution in [0.3, 0.4) is 0 Å². The smallest absolute Gasteiger partial charge is 0.291 e. The number of anilines is 1. The lowest BCUT2D eigenvalue weighted by atomic mass is 10.1. The second-order valence-corrected chi connectivity index (χ2v) is 10.0. The lowest BCUT2D eigenvalue weighted by Gasteiger charge is -2.28. The van der Waals surface area contributed by atoms with Crippen LogP contribution in [-0.4, -0.2) is 50.1 Å². The summed E-state index contributed by atoms with van der Waals surface area (Å²) in [7, 11) is 3.92. The molecule has 31 heavy (non-hydrogen) atoms. The van der Waals surface area contributed by atoms with Gasteiger partial charge in [0.2, 0.25) is 0 Å². The van der Waals surface area contributed by atoms with Crippen molar-refractivity contribution in [3.8, 4) is 0 Å². The Morgan fingerprint density at radius 2 is 2.13 bits per heavy atom. The minimum Gasteiger partial charge on any atom is -0.362 e. The van der Waals surface area contributed by atoms with E-state index in [1.807, 2.05) is 34.6 Å². The van der Waals surface area contributed by atoms with Gasteiger partial charge in [0.25, 0.3) is 5.56 Å². The fraction of sp³-hybridized carbons (Fsp3) is 0.368. The van der Waals surface area contributed by atoms with Crippen molar-refractivity contribution in [2.45, 2.75) is 26.1 Å². The molecule has 0 amide bonds. The molecule has 0 aliphatic carbocycles. The van der Waals surface area contributed by atoms with E-state index in [0.29, 0.717) is 38.3 Å². The molecule has 164 valence electrons. The molecular formula is C19H21ClFIN7OP. The third-order valence-electron chi connectivity index (χ3n) is 5.17. The molecular weight excluding hydrogens is 555 g/mol. The van der Waals surface area contributed by atoms with Crippen LogP contribution < -0.4 is 10.5 Å². The number of benzene rings is 1. The van der Waals surface area contributed by atoms with Gasteiger partial charge >= 0.3 is 0 Å². The lowest BCUT2D eigenvalue weighted by Crippen LogP contribution is -2.33. The third kappa shape index (κ3) is 4.76. The maximum atomic E-state index is 13.8. The van der Waals surface area contributed by atoms with Crippen LogP contribution in [0.15, 0.2) is 29.2 Å². The molecule has 8 nitrogen and oxygen atoms in total. The molecule has 12 heteroatoms. The highest BCUT2D eigenvalue weighted by molar-refractivity contribution is 14.2. The zero-order valence-electron chi connectivity index (χ0n) is 17.0. The second kappa shape index (κ2) is 9.48. The van der Waals surface area contributed by atoms with Crippen molar-refractivity contribution in [2.24, 2.45) is 0 Å². The molecule has 1 aliphatic rings. The first-order valence-electron chi connectivity index (χ1n) is 9.60. The predicted molar refractivity (Wildman–Crippen MR) is 129 cm³/mol. The summed E-state index contributed by atoms with van der Waals surface area (Å²) in [6, 6.07) is 4.87. The maximum Gasteiger partial charge on any atom is 0.291 e. The van der Waals surface area contributed by atoms with Crippen LogP contribution in [-0.2, 0) is 26.1 Å². The van der Waals surface area contributed by atoms with E-state index >= 15 is 0 Å². The van der Waals surface area contributed by atoms with Gasteiger partial charge in [-0.25, -0.2) is 13.5 Å². The van der Waals surface area contributed by atoms with Crippen molar-refractivity contribution in [1.82, 2.24) is 29.4 Å². The first-order valence-corrected chi connectivity index (χ1v) is 14.0. The van der Waals surface area contributed by atoms with Gasteiger partial charge in [-0.3, -0.25) is 4.79 Å². The summed E-state index contributed by atoms with van der Waals surface area (Å²) >= 11 is 8.43. The van der Waals surface area contributed by atoms with Crippen molar-refractivity contribution < 1.29 is 4.39 Å². The first-order chi connectivity index (χ1) is 14.9. The van der Waals surface area contributed by atoms with Gasteiger partial charge in [-0.05, 0) is 59.4 Å². The Kier molecular flexibility index (Phi) is 6.90. The molecule has 1 aliphatic heterocycles.